The Morgan fingerprint density at radius 2 is 1.51 bits per heavy atom. The molecule has 43 heavy (non-hydrogen) atoms. The molecule has 228 valence electrons. The van der Waals surface area contributed by atoms with Crippen molar-refractivity contribution in [1.82, 2.24) is 4.72 Å². The highest BCUT2D eigenvalue weighted by molar-refractivity contribution is 7.92. The van der Waals surface area contributed by atoms with Crippen molar-refractivity contribution in [3.05, 3.63) is 78.1 Å². The smallest absolute Gasteiger partial charge is 0.324 e. The Morgan fingerprint density at radius 3 is 2.07 bits per heavy atom. The number of amides is 1. The number of carbonyl (C=O) groups is 2. The second kappa shape index (κ2) is 12.6. The third kappa shape index (κ3) is 7.07. The van der Waals surface area contributed by atoms with Crippen LogP contribution < -0.4 is 14.8 Å². The second-order valence-corrected chi connectivity index (χ2v) is 13.9. The Labute approximate surface area is 250 Å². The van der Waals surface area contributed by atoms with Crippen LogP contribution in [-0.2, 0) is 29.6 Å². The van der Waals surface area contributed by atoms with E-state index < -0.39 is 38.0 Å². The van der Waals surface area contributed by atoms with E-state index in [1.54, 1.807) is 75.4 Å². The van der Waals surface area contributed by atoms with Crippen LogP contribution in [0.1, 0.15) is 36.9 Å². The summed E-state index contributed by atoms with van der Waals surface area (Å²) in [6.07, 6.45) is 0. The molecule has 0 aliphatic rings. The molecule has 11 nitrogen and oxygen atoms in total. The summed E-state index contributed by atoms with van der Waals surface area (Å²) >= 11 is 0. The molecule has 3 aromatic carbocycles. The molecule has 0 fully saturated rings. The lowest BCUT2D eigenvalue weighted by Gasteiger charge is -2.19. The summed E-state index contributed by atoms with van der Waals surface area (Å²) in [5.41, 5.74) is 3.21. The van der Waals surface area contributed by atoms with Gasteiger partial charge in [-0.3, -0.25) is 14.3 Å². The lowest BCUT2D eigenvalue weighted by molar-refractivity contribution is -0.143. The van der Waals surface area contributed by atoms with Crippen LogP contribution >= 0.6 is 0 Å². The second-order valence-electron chi connectivity index (χ2n) is 10.2. The number of sulfonamides is 2. The van der Waals surface area contributed by atoms with Crippen LogP contribution in [0.2, 0.25) is 0 Å². The number of methoxy groups -OCH3 is 1. The zero-order valence-electron chi connectivity index (χ0n) is 24.3. The molecule has 1 heterocycles. The molecule has 1 aromatic heterocycles. The molecule has 1 atom stereocenters. The van der Waals surface area contributed by atoms with E-state index in [1.807, 2.05) is 0 Å². The molecule has 0 bridgehead atoms. The summed E-state index contributed by atoms with van der Waals surface area (Å²) in [5, 5.41) is 3.30. The molecule has 4 rings (SSSR count). The number of ether oxygens (including phenoxy) is 1. The number of fused-ring (bicyclic) bond motifs is 1. The molecule has 0 radical (unpaired) electrons. The highest BCUT2D eigenvalue weighted by Gasteiger charge is 2.29. The fourth-order valence-corrected chi connectivity index (χ4v) is 6.41. The van der Waals surface area contributed by atoms with Gasteiger partial charge in [-0.2, -0.15) is 4.72 Å². The van der Waals surface area contributed by atoms with Crippen LogP contribution in [0.3, 0.4) is 0 Å². The number of carbonyl (C=O) groups excluding carboxylic acids is 2. The SMILES string of the molecule is CCS(=O)(=O)Nc1cccc2oc(C(=O)Nc3ccc(-c4ccc(S(=O)(=O)NC(C(=O)OC)C(C)C)cc4)cc3)c(C)c12. The number of nitrogens with one attached hydrogen (secondary N) is 3. The molecule has 3 N–H and O–H groups in total. The highest BCUT2D eigenvalue weighted by Crippen LogP contribution is 2.33. The number of anilines is 2. The molecule has 0 aliphatic heterocycles. The predicted octanol–water partition coefficient (Wildman–Crippen LogP) is 4.90. The van der Waals surface area contributed by atoms with Gasteiger partial charge in [0.2, 0.25) is 20.0 Å². The first kappa shape index (κ1) is 31.7. The molecule has 0 saturated carbocycles. The lowest BCUT2D eigenvalue weighted by atomic mass is 10.1. The average Bonchev–Trinajstić information content (AvgIpc) is 3.33. The van der Waals surface area contributed by atoms with Gasteiger partial charge in [0, 0.05) is 16.6 Å². The van der Waals surface area contributed by atoms with Crippen molar-refractivity contribution in [2.45, 2.75) is 38.6 Å². The number of hydrogen-bond acceptors (Lipinski definition) is 8. The van der Waals surface area contributed by atoms with Crippen molar-refractivity contribution in [3.8, 4) is 11.1 Å². The van der Waals surface area contributed by atoms with Crippen LogP contribution in [0, 0.1) is 12.8 Å². The number of furan rings is 1. The zero-order valence-corrected chi connectivity index (χ0v) is 25.9. The molecule has 0 aliphatic carbocycles. The molecular formula is C30H33N3O8S2. The summed E-state index contributed by atoms with van der Waals surface area (Å²) in [7, 11) is -6.30. The Kier molecular flexibility index (Phi) is 9.28. The molecule has 0 saturated heterocycles. The van der Waals surface area contributed by atoms with E-state index in [4.69, 9.17) is 9.15 Å². The van der Waals surface area contributed by atoms with Crippen molar-refractivity contribution in [2.75, 3.05) is 22.9 Å². The summed E-state index contributed by atoms with van der Waals surface area (Å²) < 4.78 is 65.4. The number of esters is 1. The van der Waals surface area contributed by atoms with E-state index in [-0.39, 0.29) is 22.3 Å². The van der Waals surface area contributed by atoms with Crippen molar-refractivity contribution in [3.63, 3.8) is 0 Å². The van der Waals surface area contributed by atoms with Gasteiger partial charge < -0.3 is 14.5 Å². The van der Waals surface area contributed by atoms with Crippen LogP contribution in [0.25, 0.3) is 22.1 Å². The Bertz CT molecular complexity index is 1860. The standard InChI is InChI=1S/C30H33N3O8S2/c1-6-42(36,37)32-24-8-7-9-25-26(24)19(4)28(41-25)29(34)31-22-14-10-20(11-15-22)21-12-16-23(17-13-21)43(38,39)33-27(18(2)3)30(35)40-5/h7-18,27,32-33H,6H2,1-5H3,(H,31,34). The maximum absolute atomic E-state index is 13.1. The summed E-state index contributed by atoms with van der Waals surface area (Å²) in [5.74, 6) is -1.52. The minimum atomic E-state index is -3.97. The third-order valence-corrected chi connectivity index (χ3v) is 9.60. The van der Waals surface area contributed by atoms with Gasteiger partial charge in [0.15, 0.2) is 5.76 Å². The van der Waals surface area contributed by atoms with Crippen LogP contribution in [-0.4, -0.2) is 47.6 Å². The minimum Gasteiger partial charge on any atom is -0.468 e. The van der Waals surface area contributed by atoms with E-state index in [0.29, 0.717) is 27.9 Å². The van der Waals surface area contributed by atoms with Crippen molar-refractivity contribution >= 4 is 54.3 Å². The maximum atomic E-state index is 13.1. The van der Waals surface area contributed by atoms with E-state index >= 15 is 0 Å². The molecule has 1 unspecified atom stereocenters. The van der Waals surface area contributed by atoms with Gasteiger partial charge in [-0.25, -0.2) is 16.8 Å². The van der Waals surface area contributed by atoms with Gasteiger partial charge in [-0.05, 0) is 67.3 Å². The molecule has 13 heteroatoms. The summed E-state index contributed by atoms with van der Waals surface area (Å²) in [6.45, 7) is 6.65. The lowest BCUT2D eigenvalue weighted by Crippen LogP contribution is -2.44. The first-order valence-electron chi connectivity index (χ1n) is 13.4. The van der Waals surface area contributed by atoms with Gasteiger partial charge in [-0.1, -0.05) is 44.2 Å². The van der Waals surface area contributed by atoms with Crippen molar-refractivity contribution in [2.24, 2.45) is 5.92 Å². The van der Waals surface area contributed by atoms with Gasteiger partial charge in [0.25, 0.3) is 5.91 Å². The largest absolute Gasteiger partial charge is 0.468 e. The van der Waals surface area contributed by atoms with Gasteiger partial charge in [0.1, 0.15) is 11.6 Å². The first-order chi connectivity index (χ1) is 20.3. The normalized spacial score (nSPS) is 12.7. The quantitative estimate of drug-likeness (QED) is 0.198. The molecule has 0 spiro atoms. The molecule has 1 amide bonds. The van der Waals surface area contributed by atoms with Gasteiger partial charge in [0.05, 0.1) is 23.4 Å². The van der Waals surface area contributed by atoms with E-state index in [1.165, 1.54) is 26.2 Å². The van der Waals surface area contributed by atoms with E-state index in [0.717, 1.165) is 11.1 Å². The van der Waals surface area contributed by atoms with Gasteiger partial charge in [-0.15, -0.1) is 0 Å². The Hall–Kier alpha value is -4.20. The van der Waals surface area contributed by atoms with Crippen LogP contribution in [0.5, 0.6) is 0 Å². The summed E-state index contributed by atoms with van der Waals surface area (Å²) in [4.78, 5) is 25.1. The van der Waals surface area contributed by atoms with Crippen molar-refractivity contribution < 1.29 is 35.6 Å². The zero-order chi connectivity index (χ0) is 31.5. The highest BCUT2D eigenvalue weighted by atomic mass is 32.2. The Balaban J connectivity index is 1.49. The number of aryl methyl sites for hydroxylation is 1. The topological polar surface area (TPSA) is 161 Å². The number of hydrogen-bond donors (Lipinski definition) is 3. The average molecular weight is 628 g/mol. The number of benzene rings is 3. The Morgan fingerprint density at radius 1 is 0.907 bits per heavy atom. The van der Waals surface area contributed by atoms with Crippen molar-refractivity contribution in [1.29, 1.82) is 0 Å². The van der Waals surface area contributed by atoms with E-state index in [2.05, 4.69) is 14.8 Å². The van der Waals surface area contributed by atoms with Crippen LogP contribution in [0.15, 0.2) is 76.0 Å². The molecule has 4 aromatic rings. The number of rotatable bonds is 11. The van der Waals surface area contributed by atoms with Gasteiger partial charge >= 0.3 is 5.97 Å². The monoisotopic (exact) mass is 627 g/mol. The maximum Gasteiger partial charge on any atom is 0.324 e. The fourth-order valence-electron chi connectivity index (χ4n) is 4.42. The molecular weight excluding hydrogens is 594 g/mol. The fraction of sp³-hybridized carbons (Fsp3) is 0.267. The minimum absolute atomic E-state index is 0.00143. The van der Waals surface area contributed by atoms with Crippen LogP contribution in [0.4, 0.5) is 11.4 Å². The third-order valence-electron chi connectivity index (χ3n) is 6.85. The van der Waals surface area contributed by atoms with E-state index in [9.17, 15) is 26.4 Å². The first-order valence-corrected chi connectivity index (χ1v) is 16.5. The predicted molar refractivity (Wildman–Crippen MR) is 165 cm³/mol. The summed E-state index contributed by atoms with van der Waals surface area (Å²) in [6, 6.07) is 17.0.